The van der Waals surface area contributed by atoms with Gasteiger partial charge in [-0.2, -0.15) is 0 Å². The Morgan fingerprint density at radius 3 is 2.52 bits per heavy atom. The van der Waals surface area contributed by atoms with Gasteiger partial charge in [0.25, 0.3) is 0 Å². The molecular formula is C19H29BN2O3. The van der Waals surface area contributed by atoms with E-state index in [0.29, 0.717) is 25.7 Å². The largest absolute Gasteiger partial charge is 0.497 e. The van der Waals surface area contributed by atoms with Crippen molar-refractivity contribution < 1.29 is 14.6 Å². The third-order valence-electron chi connectivity index (χ3n) is 5.13. The fraction of sp³-hybridized carbons (Fsp3) is 0.632. The predicted molar refractivity (Wildman–Crippen MR) is 100 cm³/mol. The van der Waals surface area contributed by atoms with Crippen molar-refractivity contribution in [3.63, 3.8) is 0 Å². The highest BCUT2D eigenvalue weighted by Gasteiger charge is 2.42. The van der Waals surface area contributed by atoms with E-state index < -0.39 is 11.5 Å². The Labute approximate surface area is 151 Å². The Kier molecular flexibility index (Phi) is 6.91. The molecule has 4 N–H and O–H groups in total. The molecule has 2 rings (SSSR count). The molecule has 1 atom stereocenters. The third kappa shape index (κ3) is 5.75. The fourth-order valence-electron chi connectivity index (χ4n) is 3.18. The number of hydrogen-bond donors (Lipinski definition) is 3. The highest BCUT2D eigenvalue weighted by Crippen LogP contribution is 2.39. The van der Waals surface area contributed by atoms with Crippen LogP contribution in [0.4, 0.5) is 0 Å². The van der Waals surface area contributed by atoms with Gasteiger partial charge < -0.3 is 20.9 Å². The lowest BCUT2D eigenvalue weighted by atomic mass is 9.88. The molecule has 1 unspecified atom stereocenters. The Balaban J connectivity index is 1.83. The van der Waals surface area contributed by atoms with Crippen molar-refractivity contribution in [1.29, 1.82) is 0 Å². The third-order valence-corrected chi connectivity index (χ3v) is 5.13. The second-order valence-electron chi connectivity index (χ2n) is 7.19. The molecular weight excluding hydrogens is 315 g/mol. The highest BCUT2D eigenvalue weighted by molar-refractivity contribution is 6.08. The van der Waals surface area contributed by atoms with Crippen molar-refractivity contribution in [2.45, 2.75) is 62.3 Å². The number of methoxy groups -OCH3 is 1. The number of nitrogens with two attached hydrogens (primary N) is 1. The summed E-state index contributed by atoms with van der Waals surface area (Å²) < 4.78 is 5.19. The molecule has 1 aliphatic rings. The minimum Gasteiger partial charge on any atom is -0.497 e. The maximum absolute atomic E-state index is 11.5. The zero-order valence-electron chi connectivity index (χ0n) is 15.1. The van der Waals surface area contributed by atoms with E-state index in [4.69, 9.17) is 18.3 Å². The van der Waals surface area contributed by atoms with Crippen LogP contribution < -0.4 is 15.8 Å². The Bertz CT molecular complexity index is 560. The maximum atomic E-state index is 11.5. The molecule has 1 aromatic rings. The van der Waals surface area contributed by atoms with Crippen LogP contribution in [0.15, 0.2) is 24.3 Å². The van der Waals surface area contributed by atoms with E-state index in [9.17, 15) is 9.90 Å². The van der Waals surface area contributed by atoms with Gasteiger partial charge in [-0.25, -0.2) is 0 Å². The molecule has 1 fully saturated rings. The molecule has 5 nitrogen and oxygen atoms in total. The van der Waals surface area contributed by atoms with Gasteiger partial charge in [-0.15, -0.1) is 0 Å². The summed E-state index contributed by atoms with van der Waals surface area (Å²) in [6.45, 7) is 0.613. The molecule has 0 aromatic heterocycles. The smallest absolute Gasteiger partial charge is 0.323 e. The molecule has 25 heavy (non-hydrogen) atoms. The molecule has 0 aliphatic heterocycles. The molecule has 1 saturated carbocycles. The van der Waals surface area contributed by atoms with Crippen LogP contribution in [0.2, 0.25) is 6.32 Å². The lowest BCUT2D eigenvalue weighted by Crippen LogP contribution is -2.50. The van der Waals surface area contributed by atoms with Gasteiger partial charge in [-0.3, -0.25) is 4.79 Å². The minimum atomic E-state index is -1.17. The van der Waals surface area contributed by atoms with Gasteiger partial charge in [-0.05, 0) is 56.3 Å². The predicted octanol–water partition coefficient (Wildman–Crippen LogP) is 2.29. The Morgan fingerprint density at radius 1 is 1.32 bits per heavy atom. The zero-order valence-corrected chi connectivity index (χ0v) is 15.1. The topological polar surface area (TPSA) is 84.6 Å². The highest BCUT2D eigenvalue weighted by atomic mass is 16.5. The summed E-state index contributed by atoms with van der Waals surface area (Å²) in [5.41, 5.74) is 6.30. The van der Waals surface area contributed by atoms with Gasteiger partial charge in [-0.1, -0.05) is 31.3 Å². The average molecular weight is 344 g/mol. The first-order chi connectivity index (χ1) is 11.9. The number of carboxylic acids is 1. The summed E-state index contributed by atoms with van der Waals surface area (Å²) in [6, 6.07) is 8.10. The van der Waals surface area contributed by atoms with E-state index in [1.165, 1.54) is 5.56 Å². The summed E-state index contributed by atoms with van der Waals surface area (Å²) in [5.74, 6) is -0.0697. The number of benzene rings is 1. The lowest BCUT2D eigenvalue weighted by molar-refractivity contribution is -0.144. The van der Waals surface area contributed by atoms with E-state index >= 15 is 0 Å². The Hall–Kier alpha value is -1.53. The van der Waals surface area contributed by atoms with Crippen LogP contribution in [0, 0.1) is 0 Å². The van der Waals surface area contributed by atoms with Crippen molar-refractivity contribution in [3.05, 3.63) is 29.8 Å². The molecule has 0 amide bonds. The van der Waals surface area contributed by atoms with Gasteiger partial charge in [0.15, 0.2) is 0 Å². The zero-order chi connectivity index (χ0) is 18.3. The van der Waals surface area contributed by atoms with Crippen molar-refractivity contribution in [1.82, 2.24) is 5.32 Å². The van der Waals surface area contributed by atoms with Crippen LogP contribution in [0.1, 0.15) is 44.1 Å². The molecule has 1 aliphatic carbocycles. The molecule has 2 radical (unpaired) electrons. The molecule has 0 bridgehead atoms. The number of unbranched alkanes of at least 4 members (excludes halogenated alkanes) is 1. The van der Waals surface area contributed by atoms with Crippen LogP contribution >= 0.6 is 0 Å². The lowest BCUT2D eigenvalue weighted by Gasteiger charge is -2.26. The van der Waals surface area contributed by atoms with Crippen molar-refractivity contribution in [2.75, 3.05) is 13.7 Å². The van der Waals surface area contributed by atoms with Crippen LogP contribution in [0.5, 0.6) is 5.75 Å². The van der Waals surface area contributed by atoms with Crippen molar-refractivity contribution in [2.24, 2.45) is 5.73 Å². The molecule has 0 saturated heterocycles. The molecule has 0 heterocycles. The molecule has 136 valence electrons. The molecule has 0 spiro atoms. The minimum absolute atomic E-state index is 0.0886. The van der Waals surface area contributed by atoms with Crippen LogP contribution in [0.3, 0.4) is 0 Å². The number of carboxylic acid groups (broad SMARTS) is 1. The van der Waals surface area contributed by atoms with Crippen LogP contribution in [0.25, 0.3) is 0 Å². The molecule has 6 heteroatoms. The number of rotatable bonds is 12. The van der Waals surface area contributed by atoms with Crippen molar-refractivity contribution >= 4 is 13.8 Å². The van der Waals surface area contributed by atoms with Crippen LogP contribution in [-0.4, -0.2) is 43.7 Å². The van der Waals surface area contributed by atoms with Gasteiger partial charge in [0.1, 0.15) is 11.3 Å². The quantitative estimate of drug-likeness (QED) is 0.400. The number of nitrogens with one attached hydrogen (secondary N) is 1. The number of aliphatic carboxylic acids is 1. The second-order valence-corrected chi connectivity index (χ2v) is 7.19. The van der Waals surface area contributed by atoms with Gasteiger partial charge in [0, 0.05) is 5.54 Å². The SMILES string of the molecule is [B]CCCCC(N)(CCNC1(Cc2ccc(OC)cc2)CC1)C(=O)O. The van der Waals surface area contributed by atoms with E-state index in [0.717, 1.165) is 37.9 Å². The van der Waals surface area contributed by atoms with Gasteiger partial charge >= 0.3 is 5.97 Å². The van der Waals surface area contributed by atoms with Crippen molar-refractivity contribution in [3.8, 4) is 5.75 Å². The molecule has 1 aromatic carbocycles. The van der Waals surface area contributed by atoms with E-state index in [1.807, 2.05) is 12.1 Å². The summed E-state index contributed by atoms with van der Waals surface area (Å²) in [7, 11) is 7.14. The first-order valence-corrected chi connectivity index (χ1v) is 9.03. The first-order valence-electron chi connectivity index (χ1n) is 9.03. The number of hydrogen-bond acceptors (Lipinski definition) is 4. The van der Waals surface area contributed by atoms with Gasteiger partial charge in [0.05, 0.1) is 15.0 Å². The average Bonchev–Trinajstić information content (AvgIpc) is 3.35. The van der Waals surface area contributed by atoms with E-state index in [2.05, 4.69) is 17.4 Å². The van der Waals surface area contributed by atoms with E-state index in [1.54, 1.807) is 7.11 Å². The summed E-state index contributed by atoms with van der Waals surface area (Å²) >= 11 is 0. The fourth-order valence-corrected chi connectivity index (χ4v) is 3.18. The normalized spacial score (nSPS) is 17.7. The summed E-state index contributed by atoms with van der Waals surface area (Å²) in [5, 5.41) is 13.0. The second kappa shape index (κ2) is 8.72. The maximum Gasteiger partial charge on any atom is 0.323 e. The monoisotopic (exact) mass is 344 g/mol. The Morgan fingerprint density at radius 2 is 2.00 bits per heavy atom. The number of ether oxygens (including phenoxy) is 1. The summed E-state index contributed by atoms with van der Waals surface area (Å²) in [6.07, 6.45) is 6.17. The van der Waals surface area contributed by atoms with Crippen LogP contribution in [-0.2, 0) is 11.2 Å². The first kappa shape index (κ1) is 19.8. The van der Waals surface area contributed by atoms with Gasteiger partial charge in [0.2, 0.25) is 0 Å². The number of carbonyl (C=O) groups is 1. The summed E-state index contributed by atoms with van der Waals surface area (Å²) in [4.78, 5) is 11.5. The van der Waals surface area contributed by atoms with E-state index in [-0.39, 0.29) is 5.54 Å². The standard InChI is InChI=1S/C19H29BN2O3/c1-25-16-6-4-15(5-7-16)14-18(9-10-18)22-13-11-19(21,17(23)24)8-2-3-12-20/h4-7,22H,2-3,8-14,21H2,1H3,(H,23,24).